The van der Waals surface area contributed by atoms with Crippen LogP contribution >= 0.6 is 0 Å². The van der Waals surface area contributed by atoms with Crippen molar-refractivity contribution in [2.75, 3.05) is 0 Å². The molecule has 1 aromatic rings. The predicted octanol–water partition coefficient (Wildman–Crippen LogP) is 3.93. The summed E-state index contributed by atoms with van der Waals surface area (Å²) < 4.78 is 5.74. The first-order chi connectivity index (χ1) is 11.3. The topological polar surface area (TPSA) is 66.8 Å². The molecule has 0 aromatic heterocycles. The van der Waals surface area contributed by atoms with Crippen molar-refractivity contribution in [2.24, 2.45) is 0 Å². The second-order valence-corrected chi connectivity index (χ2v) is 7.55. The van der Waals surface area contributed by atoms with Gasteiger partial charge >= 0.3 is 0 Å². The van der Waals surface area contributed by atoms with Crippen LogP contribution in [0, 0.1) is 0 Å². The van der Waals surface area contributed by atoms with Crippen LogP contribution in [0.15, 0.2) is 22.8 Å². The Hall–Kier alpha value is -2.23. The number of fused-ring (bicyclic) bond motifs is 4. The summed E-state index contributed by atoms with van der Waals surface area (Å²) in [6.45, 7) is 8.05. The fourth-order valence-electron chi connectivity index (χ4n) is 4.51. The highest BCUT2D eigenvalue weighted by Crippen LogP contribution is 2.58. The summed E-state index contributed by atoms with van der Waals surface area (Å²) >= 11 is 0. The molecule has 3 aliphatic rings. The number of carbonyl (C=O) groups excluding carboxylic acids is 1. The van der Waals surface area contributed by atoms with Crippen LogP contribution in [0.4, 0.5) is 0 Å². The zero-order valence-electron chi connectivity index (χ0n) is 14.5. The van der Waals surface area contributed by atoms with Gasteiger partial charge in [0.1, 0.15) is 11.9 Å². The van der Waals surface area contributed by atoms with E-state index in [1.165, 1.54) is 5.57 Å². The van der Waals surface area contributed by atoms with Crippen LogP contribution in [0.3, 0.4) is 0 Å². The van der Waals surface area contributed by atoms with Crippen molar-refractivity contribution in [1.29, 1.82) is 0 Å². The van der Waals surface area contributed by atoms with Crippen LogP contribution < -0.4 is 4.74 Å². The smallest absolute Gasteiger partial charge is 0.190 e. The van der Waals surface area contributed by atoms with Crippen molar-refractivity contribution in [1.82, 2.24) is 0 Å². The molecule has 0 spiro atoms. The Kier molecular flexibility index (Phi) is 2.97. The van der Waals surface area contributed by atoms with Gasteiger partial charge in [-0.1, -0.05) is 12.5 Å². The van der Waals surface area contributed by atoms with E-state index >= 15 is 0 Å². The fraction of sp³-hybridized carbons (Fsp3) is 0.450. The van der Waals surface area contributed by atoms with Crippen molar-refractivity contribution in [3.05, 3.63) is 39.5 Å². The van der Waals surface area contributed by atoms with E-state index < -0.39 is 5.41 Å². The third kappa shape index (κ3) is 1.71. The number of phenolic OH excluding ortho intramolecular Hbond substituents is 2. The molecule has 1 heterocycles. The first-order valence-electron chi connectivity index (χ1n) is 8.46. The third-order valence-electron chi connectivity index (χ3n) is 6.02. The second kappa shape index (κ2) is 4.65. The Morgan fingerprint density at radius 3 is 2.67 bits per heavy atom. The number of benzene rings is 1. The number of ether oxygens (including phenoxy) is 1. The lowest BCUT2D eigenvalue weighted by molar-refractivity contribution is 0.103. The largest absolute Gasteiger partial charge is 0.507 e. The third-order valence-corrected chi connectivity index (χ3v) is 6.02. The molecule has 0 saturated carbocycles. The summed E-state index contributed by atoms with van der Waals surface area (Å²) in [6.07, 6.45) is 3.73. The van der Waals surface area contributed by atoms with Crippen molar-refractivity contribution in [2.45, 2.75) is 58.5 Å². The minimum Gasteiger partial charge on any atom is -0.507 e. The molecule has 2 N–H and O–H groups in total. The summed E-state index contributed by atoms with van der Waals surface area (Å²) in [6, 6.07) is 0. The standard InChI is InChI=1S/C20H22O4/c1-9-5-6-20(4)13(11(9)3)8-14(21)15-16(20)18(23)19-12(17(15)22)7-10(2)24-19/h8,10,22-23H,5-7H2,1-4H3/t10-,20+/m1/s1. The summed E-state index contributed by atoms with van der Waals surface area (Å²) in [5, 5.41) is 21.7. The van der Waals surface area contributed by atoms with Crippen LogP contribution in [-0.2, 0) is 11.8 Å². The molecule has 1 aliphatic heterocycles. The van der Waals surface area contributed by atoms with E-state index in [2.05, 4.69) is 6.92 Å². The van der Waals surface area contributed by atoms with Gasteiger partial charge in [0.2, 0.25) is 0 Å². The molecule has 126 valence electrons. The molecule has 0 unspecified atom stereocenters. The van der Waals surface area contributed by atoms with Gasteiger partial charge in [-0.3, -0.25) is 4.79 Å². The number of carbonyl (C=O) groups is 1. The van der Waals surface area contributed by atoms with Crippen LogP contribution in [-0.4, -0.2) is 22.1 Å². The molecule has 0 amide bonds. The lowest BCUT2D eigenvalue weighted by Gasteiger charge is -2.42. The van der Waals surface area contributed by atoms with Gasteiger partial charge in [0, 0.05) is 23.0 Å². The monoisotopic (exact) mass is 326 g/mol. The van der Waals surface area contributed by atoms with Gasteiger partial charge < -0.3 is 14.9 Å². The SMILES string of the molecule is CC1=C(C)C2=CC(=O)c3c(O)c4c(c(O)c3[C@@]2(C)CC1)O[C@H](C)C4. The Labute approximate surface area is 141 Å². The van der Waals surface area contributed by atoms with E-state index in [4.69, 9.17) is 4.74 Å². The van der Waals surface area contributed by atoms with Crippen molar-refractivity contribution in [3.8, 4) is 17.2 Å². The number of aromatic hydroxyl groups is 2. The van der Waals surface area contributed by atoms with Crippen molar-refractivity contribution >= 4 is 5.78 Å². The second-order valence-electron chi connectivity index (χ2n) is 7.55. The summed E-state index contributed by atoms with van der Waals surface area (Å²) in [4.78, 5) is 12.8. The number of hydrogen-bond donors (Lipinski definition) is 2. The Morgan fingerprint density at radius 1 is 1.25 bits per heavy atom. The van der Waals surface area contributed by atoms with Crippen LogP contribution in [0.2, 0.25) is 0 Å². The van der Waals surface area contributed by atoms with E-state index in [1.807, 2.05) is 20.8 Å². The summed E-state index contributed by atoms with van der Waals surface area (Å²) in [5.41, 5.74) is 4.17. The Balaban J connectivity index is 2.06. The molecule has 0 fully saturated rings. The minimum absolute atomic E-state index is 0.0207. The maximum atomic E-state index is 12.8. The first kappa shape index (κ1) is 15.3. The lowest BCUT2D eigenvalue weighted by Crippen LogP contribution is -2.34. The highest BCUT2D eigenvalue weighted by atomic mass is 16.5. The molecular formula is C20H22O4. The molecule has 4 nitrogen and oxygen atoms in total. The predicted molar refractivity (Wildman–Crippen MR) is 90.9 cm³/mol. The zero-order valence-corrected chi connectivity index (χ0v) is 14.5. The minimum atomic E-state index is -0.487. The fourth-order valence-corrected chi connectivity index (χ4v) is 4.51. The van der Waals surface area contributed by atoms with Gasteiger partial charge in [-0.05, 0) is 50.8 Å². The molecule has 0 bridgehead atoms. The van der Waals surface area contributed by atoms with Crippen LogP contribution in [0.5, 0.6) is 17.2 Å². The number of hydrogen-bond acceptors (Lipinski definition) is 4. The van der Waals surface area contributed by atoms with E-state index in [0.29, 0.717) is 23.3 Å². The maximum Gasteiger partial charge on any atom is 0.190 e. The van der Waals surface area contributed by atoms with Crippen molar-refractivity contribution in [3.63, 3.8) is 0 Å². The molecule has 2 aliphatic carbocycles. The molecule has 4 rings (SSSR count). The average molecular weight is 326 g/mol. The van der Waals surface area contributed by atoms with Gasteiger partial charge in [0.15, 0.2) is 17.3 Å². The molecular weight excluding hydrogens is 304 g/mol. The van der Waals surface area contributed by atoms with Gasteiger partial charge in [-0.25, -0.2) is 0 Å². The highest BCUT2D eigenvalue weighted by molar-refractivity contribution is 6.12. The van der Waals surface area contributed by atoms with Gasteiger partial charge in [0.05, 0.1) is 5.56 Å². The first-order valence-corrected chi connectivity index (χ1v) is 8.46. The maximum absolute atomic E-state index is 12.8. The van der Waals surface area contributed by atoms with E-state index in [9.17, 15) is 15.0 Å². The number of rotatable bonds is 0. The van der Waals surface area contributed by atoms with E-state index in [0.717, 1.165) is 24.0 Å². The highest BCUT2D eigenvalue weighted by Gasteiger charge is 2.46. The molecule has 2 atom stereocenters. The van der Waals surface area contributed by atoms with E-state index in [-0.39, 0.29) is 28.9 Å². The zero-order chi connectivity index (χ0) is 17.4. The quantitative estimate of drug-likeness (QED) is 0.709. The summed E-state index contributed by atoms with van der Waals surface area (Å²) in [7, 11) is 0. The molecule has 4 heteroatoms. The van der Waals surface area contributed by atoms with Crippen LogP contribution in [0.1, 0.15) is 62.0 Å². The molecule has 1 aromatic carbocycles. The van der Waals surface area contributed by atoms with Gasteiger partial charge in [-0.15, -0.1) is 0 Å². The van der Waals surface area contributed by atoms with E-state index in [1.54, 1.807) is 6.08 Å². The molecule has 24 heavy (non-hydrogen) atoms. The number of allylic oxidation sites excluding steroid dienone is 4. The normalized spacial score (nSPS) is 28.1. The Morgan fingerprint density at radius 2 is 1.96 bits per heavy atom. The molecule has 0 saturated heterocycles. The number of phenols is 2. The van der Waals surface area contributed by atoms with Crippen LogP contribution in [0.25, 0.3) is 0 Å². The summed E-state index contributed by atoms with van der Waals surface area (Å²) in [5.74, 6) is 0.114. The average Bonchev–Trinajstić information content (AvgIpc) is 2.92. The van der Waals surface area contributed by atoms with Gasteiger partial charge in [0.25, 0.3) is 0 Å². The Bertz CT molecular complexity index is 859. The van der Waals surface area contributed by atoms with Crippen molar-refractivity contribution < 1.29 is 19.7 Å². The molecule has 0 radical (unpaired) electrons. The lowest BCUT2D eigenvalue weighted by atomic mass is 9.61. The number of ketones is 1. The van der Waals surface area contributed by atoms with Gasteiger partial charge in [-0.2, -0.15) is 0 Å².